The third-order valence-electron chi connectivity index (χ3n) is 2.63. The molecule has 2 rings (SSSR count). The van der Waals surface area contributed by atoms with Crippen LogP contribution in [0.1, 0.15) is 5.56 Å². The monoisotopic (exact) mass is 294 g/mol. The van der Waals surface area contributed by atoms with Crippen molar-refractivity contribution in [2.75, 3.05) is 0 Å². The Labute approximate surface area is 118 Å². The Hall–Kier alpha value is -1.65. The fraction of sp³-hybridized carbons (Fsp3) is 0.0714. The van der Waals surface area contributed by atoms with E-state index >= 15 is 0 Å². The molecule has 0 aliphatic carbocycles. The van der Waals surface area contributed by atoms with Gasteiger partial charge in [-0.3, -0.25) is 4.21 Å². The molecule has 2 aromatic rings. The summed E-state index contributed by atoms with van der Waals surface area (Å²) in [6.07, 6.45) is 0. The molecule has 0 aromatic heterocycles. The Kier molecular flexibility index (Phi) is 4.02. The standard InChI is InChI=1S/C14H11ClO3S/c15-14(13(16)17,11-7-3-1-4-8-11)19(18)12-9-5-2-6-10-12/h1-10H,(H,16,17). The van der Waals surface area contributed by atoms with Crippen molar-refractivity contribution in [3.05, 3.63) is 66.2 Å². The summed E-state index contributed by atoms with van der Waals surface area (Å²) in [6, 6.07) is 16.5. The third-order valence-corrected chi connectivity index (χ3v) is 5.05. The number of aliphatic carboxylic acids is 1. The Bertz CT molecular complexity index is 601. The second-order valence-corrected chi connectivity index (χ2v) is 6.26. The minimum absolute atomic E-state index is 0.298. The zero-order valence-corrected chi connectivity index (χ0v) is 11.4. The highest BCUT2D eigenvalue weighted by Gasteiger charge is 2.45. The van der Waals surface area contributed by atoms with Gasteiger partial charge in [-0.15, -0.1) is 0 Å². The SMILES string of the molecule is O=C(O)C(Cl)(c1ccccc1)S(=O)c1ccccc1. The molecule has 0 aliphatic heterocycles. The number of rotatable bonds is 4. The van der Waals surface area contributed by atoms with Gasteiger partial charge in [-0.1, -0.05) is 60.1 Å². The van der Waals surface area contributed by atoms with Crippen molar-refractivity contribution in [2.45, 2.75) is 9.10 Å². The van der Waals surface area contributed by atoms with Gasteiger partial charge in [0.15, 0.2) is 0 Å². The summed E-state index contributed by atoms with van der Waals surface area (Å²) in [5, 5.41) is 9.39. The van der Waals surface area contributed by atoms with E-state index in [1.54, 1.807) is 60.7 Å². The second kappa shape index (κ2) is 5.55. The summed E-state index contributed by atoms with van der Waals surface area (Å²) >= 11 is 6.18. The zero-order chi connectivity index (χ0) is 13.9. The lowest BCUT2D eigenvalue weighted by atomic mass is 10.1. The number of alkyl halides is 1. The molecule has 2 unspecified atom stereocenters. The van der Waals surface area contributed by atoms with Gasteiger partial charge in [0.25, 0.3) is 0 Å². The van der Waals surface area contributed by atoms with E-state index in [4.69, 9.17) is 11.6 Å². The maximum atomic E-state index is 12.5. The van der Waals surface area contributed by atoms with Crippen molar-refractivity contribution in [2.24, 2.45) is 0 Å². The summed E-state index contributed by atoms with van der Waals surface area (Å²) in [5.41, 5.74) is 0.298. The summed E-state index contributed by atoms with van der Waals surface area (Å²) in [7, 11) is -1.90. The quantitative estimate of drug-likeness (QED) is 0.882. The van der Waals surface area contributed by atoms with Gasteiger partial charge >= 0.3 is 5.97 Å². The van der Waals surface area contributed by atoms with Crippen LogP contribution in [-0.2, 0) is 19.8 Å². The third kappa shape index (κ3) is 2.55. The predicted molar refractivity (Wildman–Crippen MR) is 74.5 cm³/mol. The van der Waals surface area contributed by atoms with E-state index in [2.05, 4.69) is 0 Å². The van der Waals surface area contributed by atoms with Gasteiger partial charge < -0.3 is 5.11 Å². The van der Waals surface area contributed by atoms with Crippen LogP contribution < -0.4 is 0 Å². The molecule has 1 N–H and O–H groups in total. The summed E-state index contributed by atoms with van der Waals surface area (Å²) in [4.78, 5) is 11.9. The van der Waals surface area contributed by atoms with Crippen molar-refractivity contribution in [1.29, 1.82) is 0 Å². The van der Waals surface area contributed by atoms with Crippen LogP contribution in [0.5, 0.6) is 0 Å². The molecule has 0 heterocycles. The van der Waals surface area contributed by atoms with Crippen LogP contribution in [0.3, 0.4) is 0 Å². The van der Waals surface area contributed by atoms with E-state index in [0.29, 0.717) is 10.5 Å². The highest BCUT2D eigenvalue weighted by Crippen LogP contribution is 2.36. The number of hydrogen-bond acceptors (Lipinski definition) is 2. The Morgan fingerprint density at radius 3 is 1.95 bits per heavy atom. The summed E-state index contributed by atoms with van der Waals surface area (Å²) in [6.45, 7) is 0. The average Bonchev–Trinajstić information content (AvgIpc) is 2.47. The Balaban J connectivity index is 2.53. The van der Waals surface area contributed by atoms with E-state index in [1.165, 1.54) is 0 Å². The molecule has 5 heteroatoms. The van der Waals surface area contributed by atoms with Crippen molar-refractivity contribution < 1.29 is 14.1 Å². The van der Waals surface area contributed by atoms with E-state index in [9.17, 15) is 14.1 Å². The van der Waals surface area contributed by atoms with Crippen molar-refractivity contribution in [3.63, 3.8) is 0 Å². The Morgan fingerprint density at radius 1 is 1.00 bits per heavy atom. The van der Waals surface area contributed by atoms with E-state index in [0.717, 1.165) is 0 Å². The number of hydrogen-bond donors (Lipinski definition) is 1. The number of carbonyl (C=O) groups is 1. The van der Waals surface area contributed by atoms with Gasteiger partial charge in [0, 0.05) is 4.90 Å². The molecule has 0 fully saturated rings. The van der Waals surface area contributed by atoms with Crippen molar-refractivity contribution >= 4 is 28.4 Å². The molecule has 0 radical (unpaired) electrons. The maximum absolute atomic E-state index is 12.5. The van der Waals surface area contributed by atoms with Gasteiger partial charge in [-0.25, -0.2) is 4.79 Å². The van der Waals surface area contributed by atoms with Gasteiger partial charge in [-0.2, -0.15) is 0 Å². The first-order valence-electron chi connectivity index (χ1n) is 5.51. The number of benzene rings is 2. The molecule has 2 aromatic carbocycles. The number of carboxylic acids is 1. The molecule has 0 saturated heterocycles. The first-order valence-corrected chi connectivity index (χ1v) is 7.04. The van der Waals surface area contributed by atoms with Crippen LogP contribution in [0.4, 0.5) is 0 Å². The fourth-order valence-corrected chi connectivity index (χ4v) is 3.30. The first-order chi connectivity index (χ1) is 9.06. The lowest BCUT2D eigenvalue weighted by Gasteiger charge is -2.22. The summed E-state index contributed by atoms with van der Waals surface area (Å²) < 4.78 is 10.5. The molecule has 0 bridgehead atoms. The molecule has 98 valence electrons. The van der Waals surface area contributed by atoms with Crippen molar-refractivity contribution in [1.82, 2.24) is 0 Å². The predicted octanol–water partition coefficient (Wildman–Crippen LogP) is 2.97. The molecule has 0 saturated carbocycles. The van der Waals surface area contributed by atoms with Gasteiger partial charge in [-0.05, 0) is 17.7 Å². The fourth-order valence-electron chi connectivity index (χ4n) is 1.67. The minimum Gasteiger partial charge on any atom is -0.479 e. The Morgan fingerprint density at radius 2 is 1.47 bits per heavy atom. The molecular weight excluding hydrogens is 284 g/mol. The minimum atomic E-state index is -1.98. The normalized spacial score (nSPS) is 15.4. The molecule has 0 aliphatic rings. The second-order valence-electron chi connectivity index (χ2n) is 3.85. The van der Waals surface area contributed by atoms with E-state index in [-0.39, 0.29) is 0 Å². The highest BCUT2D eigenvalue weighted by molar-refractivity contribution is 7.88. The van der Waals surface area contributed by atoms with E-state index in [1.807, 2.05) is 0 Å². The number of carboxylic acid groups (broad SMARTS) is 1. The van der Waals surface area contributed by atoms with Crippen molar-refractivity contribution in [3.8, 4) is 0 Å². The van der Waals surface area contributed by atoms with Crippen LogP contribution >= 0.6 is 11.6 Å². The molecule has 0 spiro atoms. The van der Waals surface area contributed by atoms with Gasteiger partial charge in [0.1, 0.15) is 0 Å². The van der Waals surface area contributed by atoms with Gasteiger partial charge in [0.05, 0.1) is 10.8 Å². The topological polar surface area (TPSA) is 54.4 Å². The van der Waals surface area contributed by atoms with Crippen LogP contribution in [0.15, 0.2) is 65.6 Å². The molecule has 19 heavy (non-hydrogen) atoms. The van der Waals surface area contributed by atoms with Crippen LogP contribution in [0, 0.1) is 0 Å². The molecule has 3 nitrogen and oxygen atoms in total. The maximum Gasteiger partial charge on any atom is 0.342 e. The van der Waals surface area contributed by atoms with Crippen LogP contribution in [0.25, 0.3) is 0 Å². The number of halogens is 1. The van der Waals surface area contributed by atoms with Crippen LogP contribution in [0.2, 0.25) is 0 Å². The smallest absolute Gasteiger partial charge is 0.342 e. The molecular formula is C14H11ClO3S. The van der Waals surface area contributed by atoms with E-state index < -0.39 is 21.0 Å². The van der Waals surface area contributed by atoms with Gasteiger partial charge in [0.2, 0.25) is 4.21 Å². The first kappa shape index (κ1) is 13.8. The lowest BCUT2D eigenvalue weighted by molar-refractivity contribution is -0.137. The lowest BCUT2D eigenvalue weighted by Crippen LogP contribution is -2.34. The summed E-state index contributed by atoms with van der Waals surface area (Å²) in [5.74, 6) is -1.33. The zero-order valence-electron chi connectivity index (χ0n) is 9.82. The molecule has 0 amide bonds. The average molecular weight is 295 g/mol. The van der Waals surface area contributed by atoms with Crippen LogP contribution in [-0.4, -0.2) is 15.3 Å². The molecule has 2 atom stereocenters. The largest absolute Gasteiger partial charge is 0.479 e. The highest BCUT2D eigenvalue weighted by atomic mass is 35.5.